The predicted molar refractivity (Wildman–Crippen MR) is 124 cm³/mol. The molecule has 1 aliphatic carbocycles. The average molecular weight is 439 g/mol. The van der Waals surface area contributed by atoms with Crippen LogP contribution < -0.4 is 4.90 Å². The number of nitriles is 1. The van der Waals surface area contributed by atoms with Crippen molar-refractivity contribution in [2.45, 2.75) is 46.0 Å². The Balaban J connectivity index is 1.79. The van der Waals surface area contributed by atoms with Gasteiger partial charge < -0.3 is 14.7 Å². The molecule has 2 heterocycles. The van der Waals surface area contributed by atoms with E-state index in [-0.39, 0.29) is 5.41 Å². The topological polar surface area (TPSA) is 73.6 Å². The third kappa shape index (κ3) is 4.35. The van der Waals surface area contributed by atoms with E-state index >= 15 is 0 Å². The molecule has 1 aromatic carbocycles. The number of carbonyl (C=O) groups is 1. The van der Waals surface area contributed by atoms with Crippen molar-refractivity contribution in [2.24, 2.45) is 11.3 Å². The summed E-state index contributed by atoms with van der Waals surface area (Å²) >= 11 is 1.61. The van der Waals surface area contributed by atoms with E-state index in [1.807, 2.05) is 18.2 Å². The molecule has 4 rings (SSSR count). The van der Waals surface area contributed by atoms with Gasteiger partial charge in [0.25, 0.3) is 0 Å². The molecule has 0 amide bonds. The van der Waals surface area contributed by atoms with Gasteiger partial charge in [0.2, 0.25) is 0 Å². The monoisotopic (exact) mass is 438 g/mol. The van der Waals surface area contributed by atoms with Gasteiger partial charge in [0, 0.05) is 42.9 Å². The molecular weight excluding hydrogens is 408 g/mol. The number of benzene rings is 1. The number of nitrogens with zero attached hydrogens (tertiary/aromatic N) is 2. The Labute approximate surface area is 188 Å². The van der Waals surface area contributed by atoms with E-state index in [1.165, 1.54) is 4.88 Å². The highest BCUT2D eigenvalue weighted by Crippen LogP contribution is 2.47. The van der Waals surface area contributed by atoms with Crippen molar-refractivity contribution < 1.29 is 14.6 Å². The number of thiophene rings is 1. The molecule has 1 saturated heterocycles. The molecular formula is C25H30N2O3S. The van der Waals surface area contributed by atoms with Crippen LogP contribution in [-0.4, -0.2) is 37.9 Å². The third-order valence-corrected chi connectivity index (χ3v) is 8.04. The molecule has 2 aromatic rings. The molecule has 1 aromatic heterocycles. The fraction of sp³-hybridized carbons (Fsp3) is 0.520. The maximum Gasteiger partial charge on any atom is 0.337 e. The Kier molecular flexibility index (Phi) is 6.09. The van der Waals surface area contributed by atoms with Gasteiger partial charge in [-0.1, -0.05) is 13.8 Å². The number of rotatable bonds is 5. The Morgan fingerprint density at radius 1 is 1.35 bits per heavy atom. The first-order valence-electron chi connectivity index (χ1n) is 11.0. The molecule has 1 aliphatic heterocycles. The van der Waals surface area contributed by atoms with E-state index in [2.05, 4.69) is 24.8 Å². The Morgan fingerprint density at radius 3 is 2.74 bits per heavy atom. The Bertz CT molecular complexity index is 1030. The minimum atomic E-state index is -0.864. The first-order chi connectivity index (χ1) is 14.8. The highest BCUT2D eigenvalue weighted by molar-refractivity contribution is 7.16. The molecule has 31 heavy (non-hydrogen) atoms. The van der Waals surface area contributed by atoms with Gasteiger partial charge in [-0.25, -0.2) is 4.79 Å². The number of carboxylic acid groups (broad SMARTS) is 1. The SMILES string of the molecule is COCC1CCN(c2ccc(C#N)cc2-c2sc3c(c2C(=O)O)CC(C)(C)CC3)CC1. The van der Waals surface area contributed by atoms with Gasteiger partial charge in [0.05, 0.1) is 22.1 Å². The van der Waals surface area contributed by atoms with Crippen LogP contribution in [0.15, 0.2) is 18.2 Å². The van der Waals surface area contributed by atoms with Crippen molar-refractivity contribution in [1.29, 1.82) is 5.26 Å². The van der Waals surface area contributed by atoms with Gasteiger partial charge in [-0.05, 0) is 67.2 Å². The summed E-state index contributed by atoms with van der Waals surface area (Å²) in [5.41, 5.74) is 4.04. The highest BCUT2D eigenvalue weighted by Gasteiger charge is 2.34. The summed E-state index contributed by atoms with van der Waals surface area (Å²) in [7, 11) is 1.75. The Morgan fingerprint density at radius 2 is 2.10 bits per heavy atom. The van der Waals surface area contributed by atoms with Crippen LogP contribution in [0.4, 0.5) is 5.69 Å². The predicted octanol–water partition coefficient (Wildman–Crippen LogP) is 5.36. The number of aryl methyl sites for hydroxylation is 1. The molecule has 0 saturated carbocycles. The second-order valence-corrected chi connectivity index (χ2v) is 10.7. The zero-order valence-electron chi connectivity index (χ0n) is 18.5. The molecule has 0 unspecified atom stereocenters. The smallest absolute Gasteiger partial charge is 0.337 e. The molecule has 6 heteroatoms. The summed E-state index contributed by atoms with van der Waals surface area (Å²) in [5, 5.41) is 19.7. The van der Waals surface area contributed by atoms with Crippen LogP contribution in [0.2, 0.25) is 0 Å². The quantitative estimate of drug-likeness (QED) is 0.680. The number of hydrogen-bond acceptors (Lipinski definition) is 5. The second kappa shape index (κ2) is 8.64. The van der Waals surface area contributed by atoms with Crippen molar-refractivity contribution in [3.8, 4) is 16.5 Å². The van der Waals surface area contributed by atoms with Gasteiger partial charge in [0.15, 0.2) is 0 Å². The lowest BCUT2D eigenvalue weighted by molar-refractivity contribution is 0.0696. The van der Waals surface area contributed by atoms with Gasteiger partial charge in [-0.15, -0.1) is 11.3 Å². The number of anilines is 1. The third-order valence-electron chi connectivity index (χ3n) is 6.72. The summed E-state index contributed by atoms with van der Waals surface area (Å²) in [6, 6.07) is 7.96. The van der Waals surface area contributed by atoms with E-state index in [1.54, 1.807) is 18.4 Å². The normalized spacial score (nSPS) is 18.5. The van der Waals surface area contributed by atoms with Crippen molar-refractivity contribution in [3.63, 3.8) is 0 Å². The number of piperidine rings is 1. The molecule has 0 atom stereocenters. The standard InChI is InChI=1S/C25H30N2O3S/c1-25(2)9-6-21-19(13-25)22(24(28)29)23(31-21)18-12-17(14-26)4-5-20(18)27-10-7-16(8-11-27)15-30-3/h4-5,12,16H,6-11,13,15H2,1-3H3,(H,28,29). The number of fused-ring (bicyclic) bond motifs is 1. The lowest BCUT2D eigenvalue weighted by Crippen LogP contribution is -2.35. The van der Waals surface area contributed by atoms with Crippen molar-refractivity contribution >= 4 is 23.0 Å². The summed E-state index contributed by atoms with van der Waals surface area (Å²) < 4.78 is 5.33. The van der Waals surface area contributed by atoms with Crippen LogP contribution in [0.25, 0.3) is 10.4 Å². The number of hydrogen-bond donors (Lipinski definition) is 1. The van der Waals surface area contributed by atoms with Crippen molar-refractivity contribution in [1.82, 2.24) is 0 Å². The molecule has 0 radical (unpaired) electrons. The van der Waals surface area contributed by atoms with Crippen LogP contribution in [0.5, 0.6) is 0 Å². The van der Waals surface area contributed by atoms with Gasteiger partial charge >= 0.3 is 5.97 Å². The first-order valence-corrected chi connectivity index (χ1v) is 11.8. The van der Waals surface area contributed by atoms with E-state index in [0.717, 1.165) is 73.5 Å². The number of methoxy groups -OCH3 is 1. The second-order valence-electron chi connectivity index (χ2n) is 9.58. The average Bonchev–Trinajstić information content (AvgIpc) is 3.11. The van der Waals surface area contributed by atoms with Crippen LogP contribution in [0.1, 0.15) is 59.5 Å². The van der Waals surface area contributed by atoms with E-state index in [0.29, 0.717) is 17.0 Å². The number of carboxylic acids is 1. The molecule has 2 aliphatic rings. The zero-order chi connectivity index (χ0) is 22.2. The van der Waals surface area contributed by atoms with Crippen LogP contribution in [0.3, 0.4) is 0 Å². The minimum Gasteiger partial charge on any atom is -0.478 e. The van der Waals surface area contributed by atoms with Crippen LogP contribution >= 0.6 is 11.3 Å². The summed E-state index contributed by atoms with van der Waals surface area (Å²) in [5.74, 6) is -0.300. The van der Waals surface area contributed by atoms with Gasteiger partial charge in [-0.3, -0.25) is 0 Å². The fourth-order valence-electron chi connectivity index (χ4n) is 4.98. The zero-order valence-corrected chi connectivity index (χ0v) is 19.3. The maximum atomic E-state index is 12.4. The van der Waals surface area contributed by atoms with E-state index < -0.39 is 5.97 Å². The molecule has 0 spiro atoms. The molecule has 1 fully saturated rings. The van der Waals surface area contributed by atoms with Gasteiger partial charge in [-0.2, -0.15) is 5.26 Å². The number of ether oxygens (including phenoxy) is 1. The van der Waals surface area contributed by atoms with Crippen molar-refractivity contribution in [2.75, 3.05) is 31.7 Å². The summed E-state index contributed by atoms with van der Waals surface area (Å²) in [6.45, 7) is 7.03. The maximum absolute atomic E-state index is 12.4. The largest absolute Gasteiger partial charge is 0.478 e. The molecule has 5 nitrogen and oxygen atoms in total. The first kappa shape index (κ1) is 21.9. The lowest BCUT2D eigenvalue weighted by atomic mass is 9.76. The molecule has 0 bridgehead atoms. The van der Waals surface area contributed by atoms with E-state index in [9.17, 15) is 15.2 Å². The minimum absolute atomic E-state index is 0.107. The lowest BCUT2D eigenvalue weighted by Gasteiger charge is -2.34. The van der Waals surface area contributed by atoms with Crippen molar-refractivity contribution in [3.05, 3.63) is 39.8 Å². The Hall–Kier alpha value is -2.36. The fourth-order valence-corrected chi connectivity index (χ4v) is 6.31. The summed E-state index contributed by atoms with van der Waals surface area (Å²) in [4.78, 5) is 16.8. The van der Waals surface area contributed by atoms with E-state index in [4.69, 9.17) is 4.74 Å². The van der Waals surface area contributed by atoms with Crippen LogP contribution in [0, 0.1) is 22.7 Å². The highest BCUT2D eigenvalue weighted by atomic mass is 32.1. The summed E-state index contributed by atoms with van der Waals surface area (Å²) in [6.07, 6.45) is 4.87. The molecule has 1 N–H and O–H groups in total. The van der Waals surface area contributed by atoms with Gasteiger partial charge in [0.1, 0.15) is 0 Å². The number of aromatic carboxylic acids is 1. The van der Waals surface area contributed by atoms with Crippen LogP contribution in [-0.2, 0) is 17.6 Å². The molecule has 164 valence electrons.